The van der Waals surface area contributed by atoms with Crippen molar-refractivity contribution in [1.29, 1.82) is 0 Å². The van der Waals surface area contributed by atoms with E-state index in [1.165, 1.54) is 0 Å². The third-order valence-corrected chi connectivity index (χ3v) is 7.61. The van der Waals surface area contributed by atoms with Gasteiger partial charge in [-0.25, -0.2) is 8.42 Å². The smallest absolute Gasteiger partial charge is 0.243 e. The molecule has 3 fully saturated rings. The van der Waals surface area contributed by atoms with Gasteiger partial charge in [-0.15, -0.1) is 0 Å². The molecule has 0 spiro atoms. The van der Waals surface area contributed by atoms with E-state index in [0.29, 0.717) is 24.0 Å². The molecule has 1 aromatic rings. The first-order valence-electron chi connectivity index (χ1n) is 9.02. The van der Waals surface area contributed by atoms with E-state index < -0.39 is 10.0 Å². The van der Waals surface area contributed by atoms with Crippen molar-refractivity contribution in [1.82, 2.24) is 14.1 Å². The number of hydrogen-bond acceptors (Lipinski definition) is 5. The normalized spacial score (nSPS) is 29.1. The number of sulfonamides is 1. The molecule has 0 N–H and O–H groups in total. The molecule has 3 saturated heterocycles. The number of nitrogens with zero attached hydrogens (tertiary/aromatic N) is 3. The predicted molar refractivity (Wildman–Crippen MR) is 96.0 cm³/mol. The van der Waals surface area contributed by atoms with Gasteiger partial charge in [-0.1, -0.05) is 18.2 Å². The van der Waals surface area contributed by atoms with Crippen molar-refractivity contribution in [3.63, 3.8) is 0 Å². The summed E-state index contributed by atoms with van der Waals surface area (Å²) in [5.74, 6) is 0. The molecule has 0 aromatic heterocycles. The molecule has 4 rings (SSSR count). The number of hydrogen-bond donors (Lipinski definition) is 0. The second-order valence-electron chi connectivity index (χ2n) is 7.96. The largest absolute Gasteiger partial charge is 0.378 e. The molecule has 0 aliphatic carbocycles. The lowest BCUT2D eigenvalue weighted by atomic mass is 9.93. The second-order valence-corrected chi connectivity index (χ2v) is 9.89. The van der Waals surface area contributed by atoms with Gasteiger partial charge in [-0.3, -0.25) is 9.80 Å². The zero-order valence-electron chi connectivity index (χ0n) is 15.0. The Hall–Kier alpha value is -0.990. The SMILES string of the molecule is CC1(C)CN(S(=O)(=O)c2ccccc2)C[C@@H]2CN(C3COC3)CCN21. The third-order valence-electron chi connectivity index (χ3n) is 5.79. The van der Waals surface area contributed by atoms with E-state index in [1.54, 1.807) is 28.6 Å². The summed E-state index contributed by atoms with van der Waals surface area (Å²) in [5.41, 5.74) is -0.160. The molecule has 1 atom stereocenters. The molecule has 0 unspecified atom stereocenters. The van der Waals surface area contributed by atoms with Crippen LogP contribution in [0.25, 0.3) is 0 Å². The van der Waals surface area contributed by atoms with Crippen molar-refractivity contribution >= 4 is 10.0 Å². The number of ether oxygens (including phenoxy) is 1. The molecule has 25 heavy (non-hydrogen) atoms. The molecule has 7 heteroatoms. The molecule has 0 bridgehead atoms. The molecular formula is C18H27N3O3S. The van der Waals surface area contributed by atoms with Crippen molar-refractivity contribution in [3.05, 3.63) is 30.3 Å². The number of fused-ring (bicyclic) bond motifs is 1. The van der Waals surface area contributed by atoms with Gasteiger partial charge in [-0.2, -0.15) is 4.31 Å². The van der Waals surface area contributed by atoms with E-state index in [1.807, 2.05) is 6.07 Å². The summed E-state index contributed by atoms with van der Waals surface area (Å²) in [4.78, 5) is 5.36. The highest BCUT2D eigenvalue weighted by Crippen LogP contribution is 2.32. The van der Waals surface area contributed by atoms with Gasteiger partial charge in [0, 0.05) is 44.3 Å². The van der Waals surface area contributed by atoms with Crippen LogP contribution >= 0.6 is 0 Å². The molecule has 0 amide bonds. The average Bonchev–Trinajstić information content (AvgIpc) is 2.53. The fraction of sp³-hybridized carbons (Fsp3) is 0.667. The lowest BCUT2D eigenvalue weighted by molar-refractivity contribution is -0.110. The molecule has 3 heterocycles. The molecule has 3 aliphatic heterocycles. The van der Waals surface area contributed by atoms with Gasteiger partial charge in [0.25, 0.3) is 0 Å². The monoisotopic (exact) mass is 365 g/mol. The molecule has 1 aromatic carbocycles. The van der Waals surface area contributed by atoms with Crippen molar-refractivity contribution in [2.45, 2.75) is 36.4 Å². The van der Waals surface area contributed by atoms with Crippen LogP contribution in [0.3, 0.4) is 0 Å². The van der Waals surface area contributed by atoms with Crippen molar-refractivity contribution < 1.29 is 13.2 Å². The number of benzene rings is 1. The van der Waals surface area contributed by atoms with Crippen LogP contribution in [0.5, 0.6) is 0 Å². The molecular weight excluding hydrogens is 338 g/mol. The molecule has 138 valence electrons. The fourth-order valence-corrected chi connectivity index (χ4v) is 6.00. The highest BCUT2D eigenvalue weighted by molar-refractivity contribution is 7.89. The Morgan fingerprint density at radius 1 is 1.04 bits per heavy atom. The predicted octanol–water partition coefficient (Wildman–Crippen LogP) is 0.855. The van der Waals surface area contributed by atoms with Crippen molar-refractivity contribution in [2.75, 3.05) is 45.9 Å². The topological polar surface area (TPSA) is 53.1 Å². The minimum absolute atomic E-state index is 0.160. The van der Waals surface area contributed by atoms with Crippen LogP contribution in [-0.2, 0) is 14.8 Å². The quantitative estimate of drug-likeness (QED) is 0.795. The molecule has 6 nitrogen and oxygen atoms in total. The molecule has 3 aliphatic rings. The zero-order chi connectivity index (χ0) is 17.7. The van der Waals surface area contributed by atoms with E-state index >= 15 is 0 Å². The second kappa shape index (κ2) is 6.32. The summed E-state index contributed by atoms with van der Waals surface area (Å²) < 4.78 is 33.2. The van der Waals surface area contributed by atoms with Crippen LogP contribution in [0.15, 0.2) is 35.2 Å². The standard InChI is InChI=1S/C18H27N3O3S/c1-18(2)14-20(25(22,23)17-6-4-3-5-7-17)11-15-10-19(8-9-21(15)18)16-12-24-13-16/h3-7,15-16H,8-14H2,1-2H3/t15-/m0/s1. The Morgan fingerprint density at radius 2 is 1.76 bits per heavy atom. The van der Waals surface area contributed by atoms with Crippen LogP contribution in [0.2, 0.25) is 0 Å². The van der Waals surface area contributed by atoms with Crippen LogP contribution in [-0.4, -0.2) is 86.1 Å². The summed E-state index contributed by atoms with van der Waals surface area (Å²) in [5, 5.41) is 0. The Bertz CT molecular complexity index is 718. The Labute approximate surface area is 150 Å². The Morgan fingerprint density at radius 3 is 2.40 bits per heavy atom. The van der Waals surface area contributed by atoms with Gasteiger partial charge in [-0.05, 0) is 26.0 Å². The summed E-state index contributed by atoms with van der Waals surface area (Å²) in [6.45, 7) is 9.98. The maximum absolute atomic E-state index is 13.1. The van der Waals surface area contributed by atoms with Crippen LogP contribution in [0, 0.1) is 0 Å². The van der Waals surface area contributed by atoms with Crippen molar-refractivity contribution in [2.24, 2.45) is 0 Å². The first kappa shape index (κ1) is 17.4. The lowest BCUT2D eigenvalue weighted by Gasteiger charge is -2.56. The van der Waals surface area contributed by atoms with E-state index in [9.17, 15) is 8.42 Å². The number of piperazine rings is 2. The van der Waals surface area contributed by atoms with E-state index in [2.05, 4.69) is 23.6 Å². The summed E-state index contributed by atoms with van der Waals surface area (Å²) >= 11 is 0. The highest BCUT2D eigenvalue weighted by Gasteiger charge is 2.47. The average molecular weight is 365 g/mol. The van der Waals surface area contributed by atoms with Gasteiger partial charge in [0.1, 0.15) is 0 Å². The zero-order valence-corrected chi connectivity index (χ0v) is 15.8. The number of rotatable bonds is 3. The first-order chi connectivity index (χ1) is 11.9. The van der Waals surface area contributed by atoms with Crippen molar-refractivity contribution in [3.8, 4) is 0 Å². The molecule has 0 saturated carbocycles. The third kappa shape index (κ3) is 3.13. The van der Waals surface area contributed by atoms with Crippen LogP contribution < -0.4 is 0 Å². The molecule has 0 radical (unpaired) electrons. The summed E-state index contributed by atoms with van der Waals surface area (Å²) in [6, 6.07) is 9.53. The minimum atomic E-state index is -3.45. The van der Waals surface area contributed by atoms with E-state index in [-0.39, 0.29) is 11.6 Å². The maximum Gasteiger partial charge on any atom is 0.243 e. The summed E-state index contributed by atoms with van der Waals surface area (Å²) in [7, 11) is -3.45. The summed E-state index contributed by atoms with van der Waals surface area (Å²) in [6.07, 6.45) is 0. The minimum Gasteiger partial charge on any atom is -0.378 e. The van der Waals surface area contributed by atoms with Crippen LogP contribution in [0.1, 0.15) is 13.8 Å². The first-order valence-corrected chi connectivity index (χ1v) is 10.5. The highest BCUT2D eigenvalue weighted by atomic mass is 32.2. The Balaban J connectivity index is 1.57. The van der Waals surface area contributed by atoms with Gasteiger partial charge < -0.3 is 4.74 Å². The Kier molecular flexibility index (Phi) is 4.40. The van der Waals surface area contributed by atoms with Gasteiger partial charge in [0.05, 0.1) is 24.2 Å². The fourth-order valence-electron chi connectivity index (χ4n) is 4.34. The maximum atomic E-state index is 13.1. The van der Waals surface area contributed by atoms with E-state index in [4.69, 9.17) is 4.74 Å². The van der Waals surface area contributed by atoms with Gasteiger partial charge >= 0.3 is 0 Å². The van der Waals surface area contributed by atoms with E-state index in [0.717, 1.165) is 32.8 Å². The van der Waals surface area contributed by atoms with Gasteiger partial charge in [0.15, 0.2) is 0 Å². The van der Waals surface area contributed by atoms with Crippen LogP contribution in [0.4, 0.5) is 0 Å². The lowest BCUT2D eigenvalue weighted by Crippen LogP contribution is -2.71. The van der Waals surface area contributed by atoms with Gasteiger partial charge in [0.2, 0.25) is 10.0 Å².